The van der Waals surface area contributed by atoms with Crippen molar-refractivity contribution in [2.24, 2.45) is 0 Å². The fourth-order valence-electron chi connectivity index (χ4n) is 3.90. The van der Waals surface area contributed by atoms with E-state index in [0.717, 1.165) is 52.8 Å². The summed E-state index contributed by atoms with van der Waals surface area (Å²) in [5.74, 6) is 0.491. The smallest absolute Gasteiger partial charge is 0.266 e. The molecule has 0 atom stereocenters. The molecule has 158 valence electrons. The van der Waals surface area contributed by atoms with Gasteiger partial charge in [-0.15, -0.1) is 22.7 Å². The number of carbonyl (C=O) groups is 1. The average Bonchev–Trinajstić information content (AvgIpc) is 3.56. The van der Waals surface area contributed by atoms with Crippen LogP contribution in [-0.4, -0.2) is 33.4 Å². The zero-order valence-corrected chi connectivity index (χ0v) is 19.6. The summed E-state index contributed by atoms with van der Waals surface area (Å²) in [6, 6.07) is 11.5. The Morgan fingerprint density at radius 2 is 1.81 bits per heavy atom. The van der Waals surface area contributed by atoms with Gasteiger partial charge in [0.2, 0.25) is 0 Å². The summed E-state index contributed by atoms with van der Waals surface area (Å²) >= 11 is 15.4. The summed E-state index contributed by atoms with van der Waals surface area (Å²) in [5.41, 5.74) is 2.85. The second kappa shape index (κ2) is 8.79. The van der Waals surface area contributed by atoms with Crippen LogP contribution in [0.3, 0.4) is 0 Å². The van der Waals surface area contributed by atoms with Gasteiger partial charge in [0.1, 0.15) is 4.88 Å². The molecule has 1 saturated heterocycles. The van der Waals surface area contributed by atoms with Crippen molar-refractivity contribution in [3.05, 3.63) is 79.5 Å². The SMILES string of the molecule is O=C(c1sccc1-n1cccc1)N1CCC(c2nc(-c3ccc(Cl)c(Cl)c3)cs2)CC1. The van der Waals surface area contributed by atoms with Gasteiger partial charge in [0.25, 0.3) is 5.91 Å². The van der Waals surface area contributed by atoms with Gasteiger partial charge < -0.3 is 9.47 Å². The van der Waals surface area contributed by atoms with E-state index in [1.807, 2.05) is 57.6 Å². The molecule has 0 bridgehead atoms. The first kappa shape index (κ1) is 20.8. The second-order valence-electron chi connectivity index (χ2n) is 7.49. The van der Waals surface area contributed by atoms with E-state index in [4.69, 9.17) is 28.2 Å². The fourth-order valence-corrected chi connectivity index (χ4v) is 6.05. The third-order valence-corrected chi connectivity index (χ3v) is 8.23. The lowest BCUT2D eigenvalue weighted by atomic mass is 9.97. The van der Waals surface area contributed by atoms with Crippen LogP contribution in [0.2, 0.25) is 10.0 Å². The van der Waals surface area contributed by atoms with Crippen LogP contribution in [0.4, 0.5) is 0 Å². The first-order valence-electron chi connectivity index (χ1n) is 10.0. The number of aromatic nitrogens is 2. The summed E-state index contributed by atoms with van der Waals surface area (Å²) in [6.45, 7) is 1.49. The number of hydrogen-bond donors (Lipinski definition) is 0. The molecule has 0 N–H and O–H groups in total. The van der Waals surface area contributed by atoms with Gasteiger partial charge in [-0.3, -0.25) is 4.79 Å². The van der Waals surface area contributed by atoms with Crippen molar-refractivity contribution in [3.63, 3.8) is 0 Å². The molecule has 0 radical (unpaired) electrons. The molecule has 4 heterocycles. The lowest BCUT2D eigenvalue weighted by Gasteiger charge is -2.31. The molecule has 4 nitrogen and oxygen atoms in total. The monoisotopic (exact) mass is 487 g/mol. The molecule has 1 amide bonds. The number of nitrogens with zero attached hydrogens (tertiary/aromatic N) is 3. The normalized spacial score (nSPS) is 14.8. The van der Waals surface area contributed by atoms with E-state index < -0.39 is 0 Å². The Hall–Kier alpha value is -2.12. The molecular formula is C23H19Cl2N3OS2. The maximum absolute atomic E-state index is 13.2. The minimum Gasteiger partial charge on any atom is -0.338 e. The van der Waals surface area contributed by atoms with Crippen LogP contribution in [0.1, 0.15) is 33.4 Å². The number of likely N-dealkylation sites (tertiary alicyclic amines) is 1. The number of hydrogen-bond acceptors (Lipinski definition) is 4. The zero-order valence-electron chi connectivity index (χ0n) is 16.5. The van der Waals surface area contributed by atoms with Crippen molar-refractivity contribution in [2.45, 2.75) is 18.8 Å². The van der Waals surface area contributed by atoms with Crippen LogP contribution < -0.4 is 0 Å². The van der Waals surface area contributed by atoms with Gasteiger partial charge >= 0.3 is 0 Å². The van der Waals surface area contributed by atoms with Gasteiger partial charge in [-0.2, -0.15) is 0 Å². The third kappa shape index (κ3) is 4.17. The molecular weight excluding hydrogens is 469 g/mol. The van der Waals surface area contributed by atoms with Crippen molar-refractivity contribution >= 4 is 51.8 Å². The molecule has 1 aliphatic rings. The highest BCUT2D eigenvalue weighted by atomic mass is 35.5. The van der Waals surface area contributed by atoms with E-state index in [-0.39, 0.29) is 5.91 Å². The lowest BCUT2D eigenvalue weighted by Crippen LogP contribution is -2.37. The topological polar surface area (TPSA) is 38.1 Å². The van der Waals surface area contributed by atoms with Gasteiger partial charge in [0.05, 0.1) is 26.4 Å². The van der Waals surface area contributed by atoms with Crippen molar-refractivity contribution in [3.8, 4) is 16.9 Å². The van der Waals surface area contributed by atoms with Crippen molar-refractivity contribution in [2.75, 3.05) is 13.1 Å². The van der Waals surface area contributed by atoms with Gasteiger partial charge in [-0.25, -0.2) is 4.98 Å². The molecule has 3 aromatic heterocycles. The molecule has 0 aliphatic carbocycles. The molecule has 5 rings (SSSR count). The fraction of sp³-hybridized carbons (Fsp3) is 0.217. The second-order valence-corrected chi connectivity index (χ2v) is 10.1. The molecule has 0 spiro atoms. The predicted octanol–water partition coefficient (Wildman–Crippen LogP) is 6.99. The van der Waals surface area contributed by atoms with E-state index in [9.17, 15) is 4.79 Å². The van der Waals surface area contributed by atoms with E-state index >= 15 is 0 Å². The minimum atomic E-state index is 0.118. The van der Waals surface area contributed by atoms with Crippen molar-refractivity contribution in [1.29, 1.82) is 0 Å². The number of amides is 1. The first-order chi connectivity index (χ1) is 15.1. The highest BCUT2D eigenvalue weighted by Crippen LogP contribution is 2.35. The molecule has 0 unspecified atom stereocenters. The summed E-state index contributed by atoms with van der Waals surface area (Å²) in [6.07, 6.45) is 5.78. The van der Waals surface area contributed by atoms with Crippen molar-refractivity contribution in [1.82, 2.24) is 14.5 Å². The van der Waals surface area contributed by atoms with Gasteiger partial charge in [0, 0.05) is 42.3 Å². The average molecular weight is 488 g/mol. The molecule has 31 heavy (non-hydrogen) atoms. The zero-order chi connectivity index (χ0) is 21.4. The summed E-state index contributed by atoms with van der Waals surface area (Å²) in [7, 11) is 0. The Labute approximate surface area is 198 Å². The molecule has 0 saturated carbocycles. The van der Waals surface area contributed by atoms with Crippen molar-refractivity contribution < 1.29 is 4.79 Å². The summed E-state index contributed by atoms with van der Waals surface area (Å²) < 4.78 is 2.00. The van der Waals surface area contributed by atoms with Crippen LogP contribution in [0.15, 0.2) is 59.6 Å². The molecule has 1 aromatic carbocycles. The number of carbonyl (C=O) groups excluding carboxylic acids is 1. The van der Waals surface area contributed by atoms with Gasteiger partial charge in [-0.1, -0.05) is 29.3 Å². The first-order valence-corrected chi connectivity index (χ1v) is 12.5. The molecule has 1 fully saturated rings. The van der Waals surface area contributed by atoms with Gasteiger partial charge in [0.15, 0.2) is 0 Å². The Kier molecular flexibility index (Phi) is 5.89. The maximum Gasteiger partial charge on any atom is 0.266 e. The van der Waals surface area contributed by atoms with E-state index in [0.29, 0.717) is 16.0 Å². The quantitative estimate of drug-likeness (QED) is 0.311. The van der Waals surface area contributed by atoms with Gasteiger partial charge in [-0.05, 0) is 48.6 Å². The predicted molar refractivity (Wildman–Crippen MR) is 129 cm³/mol. The number of thiazole rings is 1. The number of thiophene rings is 1. The Balaban J connectivity index is 1.26. The molecule has 4 aromatic rings. The minimum absolute atomic E-state index is 0.118. The van der Waals surface area contributed by atoms with Crippen LogP contribution in [0.5, 0.6) is 0 Å². The third-order valence-electron chi connectivity index (χ3n) is 5.59. The van der Waals surface area contributed by atoms with Crippen LogP contribution >= 0.6 is 45.9 Å². The summed E-state index contributed by atoms with van der Waals surface area (Å²) in [4.78, 5) is 20.8. The molecule has 1 aliphatic heterocycles. The number of benzene rings is 1. The van der Waals surface area contributed by atoms with E-state index in [1.165, 1.54) is 11.3 Å². The van der Waals surface area contributed by atoms with E-state index in [2.05, 4.69) is 5.38 Å². The Bertz CT molecular complexity index is 1210. The standard InChI is InChI=1S/C23H19Cl2N3OS2/c24-17-4-3-16(13-18(17)25)19-14-31-22(26-19)15-5-10-28(11-6-15)23(29)21-20(7-12-30-21)27-8-1-2-9-27/h1-4,7-9,12-15H,5-6,10-11H2. The highest BCUT2D eigenvalue weighted by Gasteiger charge is 2.28. The Morgan fingerprint density at radius 3 is 2.55 bits per heavy atom. The Morgan fingerprint density at radius 1 is 1.03 bits per heavy atom. The summed E-state index contributed by atoms with van der Waals surface area (Å²) in [5, 5.41) is 6.26. The number of piperidine rings is 1. The number of rotatable bonds is 4. The largest absolute Gasteiger partial charge is 0.338 e. The van der Waals surface area contributed by atoms with E-state index in [1.54, 1.807) is 17.4 Å². The lowest BCUT2D eigenvalue weighted by molar-refractivity contribution is 0.0718. The van der Waals surface area contributed by atoms with Crippen LogP contribution in [-0.2, 0) is 0 Å². The molecule has 8 heteroatoms. The van der Waals surface area contributed by atoms with Crippen LogP contribution in [0, 0.1) is 0 Å². The maximum atomic E-state index is 13.2. The number of halogens is 2. The highest BCUT2D eigenvalue weighted by molar-refractivity contribution is 7.12. The van der Waals surface area contributed by atoms with Crippen LogP contribution in [0.25, 0.3) is 16.9 Å².